The lowest BCUT2D eigenvalue weighted by Crippen LogP contribution is -2.30. The lowest BCUT2D eigenvalue weighted by atomic mass is 9.99. The molecule has 1 rings (SSSR count). The van der Waals surface area contributed by atoms with E-state index in [1.165, 1.54) is 18.2 Å². The smallest absolute Gasteiger partial charge is 0.225 e. The molecular weight excluding hydrogens is 300 g/mol. The summed E-state index contributed by atoms with van der Waals surface area (Å²) in [7, 11) is -7.66. The maximum Gasteiger partial charge on any atom is 0.240 e. The van der Waals surface area contributed by atoms with Gasteiger partial charge in [0.1, 0.15) is 0 Å². The third-order valence-electron chi connectivity index (χ3n) is 3.18. The summed E-state index contributed by atoms with van der Waals surface area (Å²) in [4.78, 5) is -0.336. The number of rotatable bonds is 6. The van der Waals surface area contributed by atoms with Crippen molar-refractivity contribution in [2.45, 2.75) is 30.6 Å². The average Bonchev–Trinajstić information content (AvgIpc) is 2.35. The standard InChI is InChI=1S/C12H20N2O4S2/c1-9(2)10(3)8-14-20(17,18)12-6-4-5-11(7-12)19(13,15)16/h4-7,9-10,14H,8H2,1-3H3,(H2,13,15,16). The molecule has 1 atom stereocenters. The van der Waals surface area contributed by atoms with E-state index in [1.807, 2.05) is 20.8 Å². The van der Waals surface area contributed by atoms with Crippen molar-refractivity contribution in [3.63, 3.8) is 0 Å². The largest absolute Gasteiger partial charge is 0.240 e. The Kier molecular flexibility index (Phi) is 5.31. The zero-order chi connectivity index (χ0) is 15.6. The molecule has 6 nitrogen and oxygen atoms in total. The van der Waals surface area contributed by atoms with Gasteiger partial charge in [-0.3, -0.25) is 0 Å². The van der Waals surface area contributed by atoms with Crippen LogP contribution < -0.4 is 9.86 Å². The molecule has 0 amide bonds. The molecule has 3 N–H and O–H groups in total. The highest BCUT2D eigenvalue weighted by Gasteiger charge is 2.18. The summed E-state index contributed by atoms with van der Waals surface area (Å²) in [5, 5.41) is 4.99. The Labute approximate surface area is 120 Å². The maximum atomic E-state index is 12.1. The van der Waals surface area contributed by atoms with E-state index < -0.39 is 20.0 Å². The van der Waals surface area contributed by atoms with E-state index in [0.717, 1.165) is 6.07 Å². The second kappa shape index (κ2) is 6.21. The number of hydrogen-bond donors (Lipinski definition) is 2. The van der Waals surface area contributed by atoms with E-state index in [4.69, 9.17) is 5.14 Å². The maximum absolute atomic E-state index is 12.1. The predicted octanol–water partition coefficient (Wildman–Crippen LogP) is 0.904. The molecule has 114 valence electrons. The lowest BCUT2D eigenvalue weighted by molar-refractivity contribution is 0.414. The SMILES string of the molecule is CC(C)C(C)CNS(=O)(=O)c1cccc(S(N)(=O)=O)c1. The number of nitrogens with one attached hydrogen (secondary N) is 1. The molecule has 0 spiro atoms. The van der Waals surface area contributed by atoms with E-state index in [0.29, 0.717) is 12.5 Å². The summed E-state index contributed by atoms with van der Waals surface area (Å²) < 4.78 is 49.1. The lowest BCUT2D eigenvalue weighted by Gasteiger charge is -2.16. The topological polar surface area (TPSA) is 106 Å². The number of benzene rings is 1. The third kappa shape index (κ3) is 4.55. The highest BCUT2D eigenvalue weighted by molar-refractivity contribution is 7.90. The van der Waals surface area contributed by atoms with E-state index in [-0.39, 0.29) is 15.7 Å². The zero-order valence-electron chi connectivity index (χ0n) is 11.7. The fraction of sp³-hybridized carbons (Fsp3) is 0.500. The van der Waals surface area contributed by atoms with Crippen LogP contribution in [0, 0.1) is 11.8 Å². The third-order valence-corrected chi connectivity index (χ3v) is 5.51. The van der Waals surface area contributed by atoms with Crippen molar-refractivity contribution in [2.75, 3.05) is 6.54 Å². The normalized spacial score (nSPS) is 14.4. The van der Waals surface area contributed by atoms with Gasteiger partial charge in [-0.05, 0) is 30.0 Å². The monoisotopic (exact) mass is 320 g/mol. The molecule has 0 saturated heterocycles. The molecule has 0 fully saturated rings. The summed E-state index contributed by atoms with van der Waals surface area (Å²) in [6.45, 7) is 6.23. The first-order valence-corrected chi connectivity index (χ1v) is 9.19. The van der Waals surface area contributed by atoms with Crippen molar-refractivity contribution >= 4 is 20.0 Å². The van der Waals surface area contributed by atoms with Gasteiger partial charge in [-0.15, -0.1) is 0 Å². The quantitative estimate of drug-likeness (QED) is 0.812. The minimum atomic E-state index is -3.92. The Morgan fingerprint density at radius 3 is 2.15 bits per heavy atom. The Balaban J connectivity index is 2.99. The Morgan fingerprint density at radius 2 is 1.65 bits per heavy atom. The molecule has 0 saturated carbocycles. The number of nitrogens with two attached hydrogens (primary N) is 1. The van der Waals surface area contributed by atoms with Gasteiger partial charge in [-0.1, -0.05) is 26.8 Å². The van der Waals surface area contributed by atoms with Crippen LogP contribution in [0.25, 0.3) is 0 Å². The summed E-state index contributed by atoms with van der Waals surface area (Å²) in [6, 6.07) is 4.99. The Bertz CT molecular complexity index is 666. The highest BCUT2D eigenvalue weighted by Crippen LogP contribution is 2.15. The van der Waals surface area contributed by atoms with Gasteiger partial charge in [0.05, 0.1) is 9.79 Å². The van der Waals surface area contributed by atoms with Crippen molar-refractivity contribution < 1.29 is 16.8 Å². The molecule has 0 aliphatic rings. The Morgan fingerprint density at radius 1 is 1.10 bits per heavy atom. The minimum Gasteiger partial charge on any atom is -0.225 e. The predicted molar refractivity (Wildman–Crippen MR) is 77.0 cm³/mol. The van der Waals surface area contributed by atoms with Crippen molar-refractivity contribution in [3.8, 4) is 0 Å². The van der Waals surface area contributed by atoms with Crippen LogP contribution in [0.2, 0.25) is 0 Å². The molecule has 0 aromatic heterocycles. The van der Waals surface area contributed by atoms with Crippen LogP contribution in [0.5, 0.6) is 0 Å². The second-order valence-corrected chi connectivity index (χ2v) is 8.42. The molecule has 20 heavy (non-hydrogen) atoms. The summed E-state index contributed by atoms with van der Waals surface area (Å²) in [5.74, 6) is 0.514. The van der Waals surface area contributed by atoms with E-state index >= 15 is 0 Å². The molecule has 8 heteroatoms. The van der Waals surface area contributed by atoms with Crippen LogP contribution >= 0.6 is 0 Å². The summed E-state index contributed by atoms with van der Waals surface area (Å²) in [5.41, 5.74) is 0. The van der Waals surface area contributed by atoms with Gasteiger partial charge in [-0.2, -0.15) is 0 Å². The Hall–Kier alpha value is -0.960. The number of primary sulfonamides is 1. The number of sulfonamides is 2. The van der Waals surface area contributed by atoms with Crippen LogP contribution in [0.15, 0.2) is 34.1 Å². The van der Waals surface area contributed by atoms with Gasteiger partial charge in [0, 0.05) is 6.54 Å². The fourth-order valence-electron chi connectivity index (χ4n) is 1.38. The van der Waals surface area contributed by atoms with Gasteiger partial charge in [-0.25, -0.2) is 26.7 Å². The molecule has 0 aliphatic carbocycles. The zero-order valence-corrected chi connectivity index (χ0v) is 13.3. The van der Waals surface area contributed by atoms with Crippen LogP contribution in [0.3, 0.4) is 0 Å². The minimum absolute atomic E-state index is 0.111. The first-order chi connectivity index (χ1) is 9.04. The van der Waals surface area contributed by atoms with E-state index in [2.05, 4.69) is 4.72 Å². The van der Waals surface area contributed by atoms with Gasteiger partial charge in [0.25, 0.3) is 0 Å². The highest BCUT2D eigenvalue weighted by atomic mass is 32.2. The molecule has 0 aliphatic heterocycles. The molecule has 0 bridgehead atoms. The van der Waals surface area contributed by atoms with Gasteiger partial charge in [0.15, 0.2) is 0 Å². The van der Waals surface area contributed by atoms with E-state index in [1.54, 1.807) is 0 Å². The van der Waals surface area contributed by atoms with Crippen molar-refractivity contribution in [3.05, 3.63) is 24.3 Å². The van der Waals surface area contributed by atoms with Crippen LogP contribution in [-0.2, 0) is 20.0 Å². The van der Waals surface area contributed by atoms with Crippen molar-refractivity contribution in [2.24, 2.45) is 17.0 Å². The molecule has 0 radical (unpaired) electrons. The second-order valence-electron chi connectivity index (χ2n) is 5.09. The van der Waals surface area contributed by atoms with Gasteiger partial charge in [0.2, 0.25) is 20.0 Å². The first kappa shape index (κ1) is 17.1. The summed E-state index contributed by atoms with van der Waals surface area (Å²) >= 11 is 0. The summed E-state index contributed by atoms with van der Waals surface area (Å²) in [6.07, 6.45) is 0. The first-order valence-electron chi connectivity index (χ1n) is 6.16. The molecular formula is C12H20N2O4S2. The van der Waals surface area contributed by atoms with E-state index in [9.17, 15) is 16.8 Å². The molecule has 1 aromatic carbocycles. The van der Waals surface area contributed by atoms with Crippen LogP contribution in [0.4, 0.5) is 0 Å². The number of hydrogen-bond acceptors (Lipinski definition) is 4. The van der Waals surface area contributed by atoms with Gasteiger partial charge >= 0.3 is 0 Å². The van der Waals surface area contributed by atoms with Crippen molar-refractivity contribution in [1.29, 1.82) is 0 Å². The van der Waals surface area contributed by atoms with Crippen LogP contribution in [0.1, 0.15) is 20.8 Å². The molecule has 1 unspecified atom stereocenters. The molecule has 0 heterocycles. The molecule has 1 aromatic rings. The van der Waals surface area contributed by atoms with Gasteiger partial charge < -0.3 is 0 Å². The van der Waals surface area contributed by atoms with Crippen molar-refractivity contribution in [1.82, 2.24) is 4.72 Å². The fourth-order valence-corrected chi connectivity index (χ4v) is 3.20. The van der Waals surface area contributed by atoms with Crippen LogP contribution in [-0.4, -0.2) is 23.4 Å². The average molecular weight is 320 g/mol.